The molecule has 2 rings (SSSR count). The first-order valence-electron chi connectivity index (χ1n) is 6.39. The summed E-state index contributed by atoms with van der Waals surface area (Å²) in [5.74, 6) is 1.91. The summed E-state index contributed by atoms with van der Waals surface area (Å²) in [6.45, 7) is 3.43. The van der Waals surface area contributed by atoms with Gasteiger partial charge in [-0.25, -0.2) is 4.98 Å². The van der Waals surface area contributed by atoms with Crippen LogP contribution in [0.15, 0.2) is 30.5 Å². The summed E-state index contributed by atoms with van der Waals surface area (Å²) in [5, 5.41) is 3.21. The molecule has 6 nitrogen and oxygen atoms in total. The molecule has 0 unspecified atom stereocenters. The van der Waals surface area contributed by atoms with E-state index in [1.165, 1.54) is 0 Å². The van der Waals surface area contributed by atoms with Gasteiger partial charge in [0.1, 0.15) is 18.2 Å². The molecule has 1 N–H and O–H groups in total. The van der Waals surface area contributed by atoms with Crippen molar-refractivity contribution in [2.75, 3.05) is 25.6 Å². The van der Waals surface area contributed by atoms with Gasteiger partial charge in [0.15, 0.2) is 0 Å². The fourth-order valence-corrected chi connectivity index (χ4v) is 1.62. The molecule has 0 atom stereocenters. The molecule has 0 aliphatic rings. The first kappa shape index (κ1) is 14.2. The van der Waals surface area contributed by atoms with E-state index in [4.69, 9.17) is 9.47 Å². The second-order valence-corrected chi connectivity index (χ2v) is 4.15. The minimum Gasteiger partial charge on any atom is -0.475 e. The number of hydrogen-bond donors (Lipinski definition) is 1. The van der Waals surface area contributed by atoms with Gasteiger partial charge in [-0.1, -0.05) is 6.07 Å². The van der Waals surface area contributed by atoms with Crippen molar-refractivity contribution in [3.63, 3.8) is 0 Å². The number of nitrogens with one attached hydrogen (secondary N) is 1. The van der Waals surface area contributed by atoms with E-state index in [-0.39, 0.29) is 0 Å². The van der Waals surface area contributed by atoms with Crippen LogP contribution in [0.5, 0.6) is 5.88 Å². The van der Waals surface area contributed by atoms with Gasteiger partial charge in [0.2, 0.25) is 5.88 Å². The molecule has 6 heteroatoms. The number of aromatic nitrogens is 3. The van der Waals surface area contributed by atoms with E-state index in [9.17, 15) is 0 Å². The molecule has 0 fully saturated rings. The van der Waals surface area contributed by atoms with E-state index in [1.807, 2.05) is 25.1 Å². The van der Waals surface area contributed by atoms with Crippen LogP contribution < -0.4 is 10.1 Å². The van der Waals surface area contributed by atoms with Crippen molar-refractivity contribution in [3.05, 3.63) is 42.0 Å². The standard InChI is InChI=1S/C14H18N4O2/c1-11-17-13(9-14(18-11)20-8-7-19-2)16-10-12-5-3-4-6-15-12/h3-6,9H,7-8,10H2,1-2H3,(H,16,17,18). The summed E-state index contributed by atoms with van der Waals surface area (Å²) < 4.78 is 10.4. The molecule has 0 bridgehead atoms. The lowest BCUT2D eigenvalue weighted by atomic mass is 10.3. The van der Waals surface area contributed by atoms with E-state index in [0.717, 1.165) is 11.5 Å². The Labute approximate surface area is 118 Å². The van der Waals surface area contributed by atoms with Gasteiger partial charge in [-0.3, -0.25) is 4.98 Å². The van der Waals surface area contributed by atoms with Gasteiger partial charge >= 0.3 is 0 Å². The lowest BCUT2D eigenvalue weighted by molar-refractivity contribution is 0.143. The number of ether oxygens (including phenoxy) is 2. The number of methoxy groups -OCH3 is 1. The lowest BCUT2D eigenvalue weighted by Gasteiger charge is -2.09. The molecular weight excluding hydrogens is 256 g/mol. The van der Waals surface area contributed by atoms with E-state index >= 15 is 0 Å². The zero-order valence-corrected chi connectivity index (χ0v) is 11.7. The van der Waals surface area contributed by atoms with Gasteiger partial charge in [0, 0.05) is 19.4 Å². The van der Waals surface area contributed by atoms with Crippen molar-refractivity contribution in [1.82, 2.24) is 15.0 Å². The molecule has 20 heavy (non-hydrogen) atoms. The summed E-state index contributed by atoms with van der Waals surface area (Å²) in [6, 6.07) is 7.57. The molecular formula is C14H18N4O2. The van der Waals surface area contributed by atoms with Crippen LogP contribution in [0.4, 0.5) is 5.82 Å². The number of aryl methyl sites for hydroxylation is 1. The van der Waals surface area contributed by atoms with Crippen molar-refractivity contribution < 1.29 is 9.47 Å². The van der Waals surface area contributed by atoms with Crippen molar-refractivity contribution in [2.24, 2.45) is 0 Å². The smallest absolute Gasteiger partial charge is 0.218 e. The molecule has 2 heterocycles. The Morgan fingerprint density at radius 3 is 2.85 bits per heavy atom. The largest absolute Gasteiger partial charge is 0.475 e. The zero-order valence-electron chi connectivity index (χ0n) is 11.7. The van der Waals surface area contributed by atoms with Crippen LogP contribution in [0.3, 0.4) is 0 Å². The van der Waals surface area contributed by atoms with Crippen molar-refractivity contribution >= 4 is 5.82 Å². The Balaban J connectivity index is 1.97. The quantitative estimate of drug-likeness (QED) is 0.777. The van der Waals surface area contributed by atoms with Gasteiger partial charge in [-0.05, 0) is 19.1 Å². The van der Waals surface area contributed by atoms with Crippen LogP contribution >= 0.6 is 0 Å². The predicted octanol–water partition coefficient (Wildman–Crippen LogP) is 1.82. The fourth-order valence-electron chi connectivity index (χ4n) is 1.62. The Morgan fingerprint density at radius 1 is 1.20 bits per heavy atom. The third-order valence-electron chi connectivity index (χ3n) is 2.53. The molecule has 0 radical (unpaired) electrons. The highest BCUT2D eigenvalue weighted by Crippen LogP contribution is 2.14. The first-order valence-corrected chi connectivity index (χ1v) is 6.39. The number of anilines is 1. The average molecular weight is 274 g/mol. The normalized spacial score (nSPS) is 10.3. The maximum absolute atomic E-state index is 5.49. The molecule has 0 saturated carbocycles. The van der Waals surface area contributed by atoms with E-state index in [1.54, 1.807) is 19.4 Å². The SMILES string of the molecule is COCCOc1cc(NCc2ccccn2)nc(C)n1. The van der Waals surface area contributed by atoms with Gasteiger partial charge < -0.3 is 14.8 Å². The highest BCUT2D eigenvalue weighted by molar-refractivity contribution is 5.38. The summed E-state index contributed by atoms with van der Waals surface area (Å²) in [7, 11) is 1.63. The van der Waals surface area contributed by atoms with Crippen molar-refractivity contribution in [2.45, 2.75) is 13.5 Å². The van der Waals surface area contributed by atoms with Crippen molar-refractivity contribution in [3.8, 4) is 5.88 Å². The highest BCUT2D eigenvalue weighted by atomic mass is 16.5. The summed E-state index contributed by atoms with van der Waals surface area (Å²) in [6.07, 6.45) is 1.77. The predicted molar refractivity (Wildman–Crippen MR) is 75.7 cm³/mol. The number of pyridine rings is 1. The van der Waals surface area contributed by atoms with Gasteiger partial charge in [0.05, 0.1) is 18.8 Å². The molecule has 0 saturated heterocycles. The maximum atomic E-state index is 5.49. The van der Waals surface area contributed by atoms with Gasteiger partial charge in [-0.2, -0.15) is 4.98 Å². The van der Waals surface area contributed by atoms with Crippen LogP contribution in [-0.2, 0) is 11.3 Å². The van der Waals surface area contributed by atoms with Crippen LogP contribution in [0.1, 0.15) is 11.5 Å². The molecule has 2 aromatic rings. The molecule has 106 valence electrons. The maximum Gasteiger partial charge on any atom is 0.218 e. The minimum atomic E-state index is 0.465. The van der Waals surface area contributed by atoms with Crippen LogP contribution in [0, 0.1) is 6.92 Å². The number of rotatable bonds is 7. The topological polar surface area (TPSA) is 69.2 Å². The van der Waals surface area contributed by atoms with E-state index in [2.05, 4.69) is 20.3 Å². The van der Waals surface area contributed by atoms with Gasteiger partial charge in [-0.15, -0.1) is 0 Å². The Morgan fingerprint density at radius 2 is 2.10 bits per heavy atom. The summed E-state index contributed by atoms with van der Waals surface area (Å²) >= 11 is 0. The van der Waals surface area contributed by atoms with Crippen LogP contribution in [0.2, 0.25) is 0 Å². The third kappa shape index (κ3) is 4.47. The summed E-state index contributed by atoms with van der Waals surface area (Å²) in [5.41, 5.74) is 0.950. The van der Waals surface area contributed by atoms with Crippen molar-refractivity contribution in [1.29, 1.82) is 0 Å². The minimum absolute atomic E-state index is 0.465. The second kappa shape index (κ2) is 7.40. The second-order valence-electron chi connectivity index (χ2n) is 4.15. The Bertz CT molecular complexity index is 534. The zero-order chi connectivity index (χ0) is 14.2. The Hall–Kier alpha value is -2.21. The third-order valence-corrected chi connectivity index (χ3v) is 2.53. The fraction of sp³-hybridized carbons (Fsp3) is 0.357. The van der Waals surface area contributed by atoms with Crippen LogP contribution in [0.25, 0.3) is 0 Å². The first-order chi connectivity index (χ1) is 9.78. The summed E-state index contributed by atoms with van der Waals surface area (Å²) in [4.78, 5) is 12.8. The monoisotopic (exact) mass is 274 g/mol. The van der Waals surface area contributed by atoms with E-state index < -0.39 is 0 Å². The van der Waals surface area contributed by atoms with Gasteiger partial charge in [0.25, 0.3) is 0 Å². The number of hydrogen-bond acceptors (Lipinski definition) is 6. The van der Waals surface area contributed by atoms with Crippen LogP contribution in [-0.4, -0.2) is 35.3 Å². The Kier molecular flexibility index (Phi) is 5.25. The average Bonchev–Trinajstić information content (AvgIpc) is 2.46. The highest BCUT2D eigenvalue weighted by Gasteiger charge is 2.03. The molecule has 0 aliphatic carbocycles. The molecule has 2 aromatic heterocycles. The lowest BCUT2D eigenvalue weighted by Crippen LogP contribution is -2.08. The molecule has 0 aromatic carbocycles. The molecule has 0 aliphatic heterocycles. The molecule has 0 spiro atoms. The van der Waals surface area contributed by atoms with E-state index in [0.29, 0.717) is 31.5 Å². The number of nitrogens with zero attached hydrogens (tertiary/aromatic N) is 3. The molecule has 0 amide bonds.